The van der Waals surface area contributed by atoms with Crippen LogP contribution in [0.25, 0.3) is 0 Å². The van der Waals surface area contributed by atoms with Gasteiger partial charge in [-0.2, -0.15) is 0 Å². The maximum Gasteiger partial charge on any atom is 0.177 e. The number of thioether (sulfide) groups is 1. The summed E-state index contributed by atoms with van der Waals surface area (Å²) in [7, 11) is 0. The second-order valence-corrected chi connectivity index (χ2v) is 5.22. The molecule has 0 unspecified atom stereocenters. The van der Waals surface area contributed by atoms with Gasteiger partial charge in [-0.3, -0.25) is 0 Å². The van der Waals surface area contributed by atoms with E-state index in [-0.39, 0.29) is 10.8 Å². The summed E-state index contributed by atoms with van der Waals surface area (Å²) in [6, 6.07) is 0.819. The number of nitrogens with zero attached hydrogens (tertiary/aromatic N) is 1. The van der Waals surface area contributed by atoms with Gasteiger partial charge in [0.15, 0.2) is 17.5 Å². The van der Waals surface area contributed by atoms with E-state index in [4.69, 9.17) is 5.84 Å². The number of nitrogens with one attached hydrogen (secondary N) is 1. The smallest absolute Gasteiger partial charge is 0.177 e. The molecule has 1 saturated carbocycles. The zero-order valence-corrected chi connectivity index (χ0v) is 10.2. The molecule has 1 heterocycles. The maximum atomic E-state index is 13.4. The van der Waals surface area contributed by atoms with Gasteiger partial charge in [0.2, 0.25) is 0 Å². The Morgan fingerprint density at radius 2 is 2.06 bits per heavy atom. The van der Waals surface area contributed by atoms with E-state index in [1.165, 1.54) is 37.4 Å². The lowest BCUT2D eigenvalue weighted by Gasteiger charge is -2.09. The van der Waals surface area contributed by atoms with Crippen LogP contribution in [0.5, 0.6) is 0 Å². The van der Waals surface area contributed by atoms with Gasteiger partial charge in [0.05, 0.1) is 0 Å². The molecule has 0 atom stereocenters. The number of hydrazine groups is 1. The molecule has 1 aromatic rings. The van der Waals surface area contributed by atoms with Crippen molar-refractivity contribution in [2.75, 3.05) is 11.2 Å². The predicted octanol–water partition coefficient (Wildman–Crippen LogP) is 2.93. The van der Waals surface area contributed by atoms with Gasteiger partial charge in [0.25, 0.3) is 0 Å². The number of anilines is 1. The number of pyridine rings is 1. The highest BCUT2D eigenvalue weighted by atomic mass is 32.2. The van der Waals surface area contributed by atoms with Gasteiger partial charge < -0.3 is 5.43 Å². The summed E-state index contributed by atoms with van der Waals surface area (Å²) in [6.45, 7) is 0. The van der Waals surface area contributed by atoms with Gasteiger partial charge in [-0.15, -0.1) is 11.8 Å². The first kappa shape index (κ1) is 12.6. The molecule has 6 heteroatoms. The van der Waals surface area contributed by atoms with E-state index < -0.39 is 11.6 Å². The molecular formula is C11H15F2N3S. The summed E-state index contributed by atoms with van der Waals surface area (Å²) in [5.74, 6) is 5.06. The van der Waals surface area contributed by atoms with E-state index in [1.807, 2.05) is 0 Å². The van der Waals surface area contributed by atoms with Gasteiger partial charge >= 0.3 is 0 Å². The molecule has 0 bridgehead atoms. The summed E-state index contributed by atoms with van der Waals surface area (Å²) < 4.78 is 26.6. The summed E-state index contributed by atoms with van der Waals surface area (Å²) in [5, 5.41) is 0.214. The van der Waals surface area contributed by atoms with Crippen LogP contribution in [0.1, 0.15) is 25.7 Å². The van der Waals surface area contributed by atoms with Crippen LogP contribution >= 0.6 is 11.8 Å². The number of aromatic nitrogens is 1. The van der Waals surface area contributed by atoms with E-state index in [0.717, 1.165) is 11.8 Å². The molecule has 0 aliphatic heterocycles. The van der Waals surface area contributed by atoms with Gasteiger partial charge in [-0.05, 0) is 18.8 Å². The van der Waals surface area contributed by atoms with E-state index >= 15 is 0 Å². The highest BCUT2D eigenvalue weighted by Gasteiger charge is 2.17. The molecule has 0 aromatic carbocycles. The SMILES string of the molecule is NNc1nc(SCC2CCCC2)c(F)cc1F. The first-order valence-corrected chi connectivity index (χ1v) is 6.64. The molecule has 2 rings (SSSR count). The van der Waals surface area contributed by atoms with Gasteiger partial charge in [0, 0.05) is 11.8 Å². The summed E-state index contributed by atoms with van der Waals surface area (Å²) in [6.07, 6.45) is 4.88. The third kappa shape index (κ3) is 3.07. The molecule has 1 aromatic heterocycles. The van der Waals surface area contributed by atoms with E-state index in [0.29, 0.717) is 5.92 Å². The van der Waals surface area contributed by atoms with Crippen molar-refractivity contribution in [1.29, 1.82) is 0 Å². The minimum Gasteiger partial charge on any atom is -0.306 e. The monoisotopic (exact) mass is 259 g/mol. The van der Waals surface area contributed by atoms with Crippen molar-refractivity contribution < 1.29 is 8.78 Å². The summed E-state index contributed by atoms with van der Waals surface area (Å²) in [5.41, 5.74) is 2.12. The number of nitrogens with two attached hydrogens (primary N) is 1. The predicted molar refractivity (Wildman–Crippen MR) is 64.6 cm³/mol. The average molecular weight is 259 g/mol. The van der Waals surface area contributed by atoms with Crippen LogP contribution in [0.15, 0.2) is 11.1 Å². The van der Waals surface area contributed by atoms with E-state index in [1.54, 1.807) is 0 Å². The second kappa shape index (κ2) is 5.64. The normalized spacial score (nSPS) is 16.4. The average Bonchev–Trinajstić information content (AvgIpc) is 2.81. The fourth-order valence-electron chi connectivity index (χ4n) is 2.03. The third-order valence-corrected chi connectivity index (χ3v) is 4.16. The second-order valence-electron chi connectivity index (χ2n) is 4.21. The quantitative estimate of drug-likeness (QED) is 0.496. The topological polar surface area (TPSA) is 50.9 Å². The Hall–Kier alpha value is -0.880. The van der Waals surface area contributed by atoms with E-state index in [9.17, 15) is 8.78 Å². The van der Waals surface area contributed by atoms with Gasteiger partial charge in [0.1, 0.15) is 5.03 Å². The lowest BCUT2D eigenvalue weighted by Crippen LogP contribution is -2.11. The fourth-order valence-corrected chi connectivity index (χ4v) is 3.11. The Kier molecular flexibility index (Phi) is 4.17. The molecule has 0 saturated heterocycles. The lowest BCUT2D eigenvalue weighted by atomic mass is 10.1. The van der Waals surface area contributed by atoms with Crippen LogP contribution < -0.4 is 11.3 Å². The van der Waals surface area contributed by atoms with E-state index in [2.05, 4.69) is 10.4 Å². The molecule has 0 radical (unpaired) electrons. The van der Waals surface area contributed by atoms with Crippen molar-refractivity contribution in [2.45, 2.75) is 30.7 Å². The van der Waals surface area contributed by atoms with Crippen LogP contribution in [0.2, 0.25) is 0 Å². The fraction of sp³-hybridized carbons (Fsp3) is 0.545. The largest absolute Gasteiger partial charge is 0.306 e. The summed E-state index contributed by atoms with van der Waals surface area (Å²) in [4.78, 5) is 3.83. The minimum absolute atomic E-state index is 0.111. The zero-order valence-electron chi connectivity index (χ0n) is 9.38. The number of rotatable bonds is 4. The molecule has 3 N–H and O–H groups in total. The molecule has 0 amide bonds. The molecule has 3 nitrogen and oxygen atoms in total. The third-order valence-electron chi connectivity index (χ3n) is 2.96. The van der Waals surface area contributed by atoms with Crippen molar-refractivity contribution in [2.24, 2.45) is 11.8 Å². The van der Waals surface area contributed by atoms with Crippen LogP contribution in [0.4, 0.5) is 14.6 Å². The molecular weight excluding hydrogens is 244 g/mol. The maximum absolute atomic E-state index is 13.4. The molecule has 1 aliphatic rings. The van der Waals surface area contributed by atoms with Crippen molar-refractivity contribution in [3.8, 4) is 0 Å². The van der Waals surface area contributed by atoms with Crippen molar-refractivity contribution >= 4 is 17.6 Å². The Morgan fingerprint density at radius 3 is 2.71 bits per heavy atom. The number of halogens is 2. The minimum atomic E-state index is -0.768. The Morgan fingerprint density at radius 1 is 1.35 bits per heavy atom. The Balaban J connectivity index is 2.03. The molecule has 17 heavy (non-hydrogen) atoms. The summed E-state index contributed by atoms with van der Waals surface area (Å²) >= 11 is 1.33. The van der Waals surface area contributed by atoms with Crippen LogP contribution in [0.3, 0.4) is 0 Å². The van der Waals surface area contributed by atoms with Gasteiger partial charge in [-0.1, -0.05) is 12.8 Å². The number of hydrogen-bond acceptors (Lipinski definition) is 4. The van der Waals surface area contributed by atoms with Crippen molar-refractivity contribution in [3.05, 3.63) is 17.7 Å². The standard InChI is InChI=1S/C11H15F2N3S/c12-8-5-9(13)11(15-10(8)16-14)17-6-7-3-1-2-4-7/h5,7H,1-4,6,14H2,(H,15,16). The molecule has 0 spiro atoms. The van der Waals surface area contributed by atoms with Crippen molar-refractivity contribution in [1.82, 2.24) is 4.98 Å². The molecule has 94 valence electrons. The highest BCUT2D eigenvalue weighted by molar-refractivity contribution is 7.99. The Labute approximate surface area is 103 Å². The lowest BCUT2D eigenvalue weighted by molar-refractivity contribution is 0.550. The van der Waals surface area contributed by atoms with Crippen LogP contribution in [0, 0.1) is 17.6 Å². The van der Waals surface area contributed by atoms with Gasteiger partial charge in [-0.25, -0.2) is 19.6 Å². The zero-order chi connectivity index (χ0) is 12.3. The molecule has 1 aliphatic carbocycles. The van der Waals surface area contributed by atoms with Crippen molar-refractivity contribution in [3.63, 3.8) is 0 Å². The Bertz CT molecular complexity index is 395. The van der Waals surface area contributed by atoms with Crippen LogP contribution in [-0.2, 0) is 0 Å². The number of hydrogen-bond donors (Lipinski definition) is 2. The first-order chi connectivity index (χ1) is 8.20. The van der Waals surface area contributed by atoms with Crippen LogP contribution in [-0.4, -0.2) is 10.7 Å². The highest BCUT2D eigenvalue weighted by Crippen LogP contribution is 2.32. The first-order valence-electron chi connectivity index (χ1n) is 5.66. The number of nitrogen functional groups attached to an aromatic ring is 1. The molecule has 1 fully saturated rings.